The fraction of sp³-hybridized carbons (Fsp3) is 0.647. The van der Waals surface area contributed by atoms with Gasteiger partial charge in [-0.1, -0.05) is 31.5 Å². The van der Waals surface area contributed by atoms with Crippen LogP contribution in [-0.2, 0) is 0 Å². The molecule has 0 bridgehead atoms. The molecule has 0 spiro atoms. The topological polar surface area (TPSA) is 32.7 Å². The SMILES string of the molecule is CCC1CCCN(CC(O)c2ccccc2OC)CC1. The highest BCUT2D eigenvalue weighted by Gasteiger charge is 2.20. The van der Waals surface area contributed by atoms with Crippen LogP contribution in [0, 0.1) is 5.92 Å². The zero-order chi connectivity index (χ0) is 14.4. The molecule has 1 aliphatic heterocycles. The molecule has 1 fully saturated rings. The van der Waals surface area contributed by atoms with Gasteiger partial charge in [0, 0.05) is 12.1 Å². The molecule has 2 atom stereocenters. The average Bonchev–Trinajstić information content (AvgIpc) is 2.72. The number of hydrogen-bond donors (Lipinski definition) is 1. The van der Waals surface area contributed by atoms with Crippen molar-refractivity contribution in [3.05, 3.63) is 29.8 Å². The lowest BCUT2D eigenvalue weighted by Gasteiger charge is -2.24. The van der Waals surface area contributed by atoms with Crippen LogP contribution in [0.25, 0.3) is 0 Å². The van der Waals surface area contributed by atoms with Crippen LogP contribution >= 0.6 is 0 Å². The highest BCUT2D eigenvalue weighted by atomic mass is 16.5. The smallest absolute Gasteiger partial charge is 0.124 e. The van der Waals surface area contributed by atoms with Crippen molar-refractivity contribution in [2.24, 2.45) is 5.92 Å². The van der Waals surface area contributed by atoms with Crippen LogP contribution in [0.3, 0.4) is 0 Å². The van der Waals surface area contributed by atoms with Crippen molar-refractivity contribution >= 4 is 0 Å². The summed E-state index contributed by atoms with van der Waals surface area (Å²) >= 11 is 0. The van der Waals surface area contributed by atoms with Gasteiger partial charge in [0.15, 0.2) is 0 Å². The molecule has 0 aliphatic carbocycles. The molecule has 0 aromatic heterocycles. The third-order valence-corrected chi connectivity index (χ3v) is 4.45. The molecular formula is C17H27NO2. The maximum Gasteiger partial charge on any atom is 0.124 e. The summed E-state index contributed by atoms with van der Waals surface area (Å²) < 4.78 is 5.34. The van der Waals surface area contributed by atoms with Gasteiger partial charge in [-0.3, -0.25) is 0 Å². The molecule has 3 heteroatoms. The van der Waals surface area contributed by atoms with Crippen molar-refractivity contribution in [2.45, 2.75) is 38.7 Å². The van der Waals surface area contributed by atoms with Crippen LogP contribution in [-0.4, -0.2) is 36.8 Å². The molecule has 2 unspecified atom stereocenters. The van der Waals surface area contributed by atoms with Crippen molar-refractivity contribution in [1.82, 2.24) is 4.90 Å². The fourth-order valence-electron chi connectivity index (χ4n) is 3.10. The lowest BCUT2D eigenvalue weighted by atomic mass is 9.98. The van der Waals surface area contributed by atoms with Crippen molar-refractivity contribution in [2.75, 3.05) is 26.7 Å². The summed E-state index contributed by atoms with van der Waals surface area (Å²) in [6.45, 7) is 5.19. The normalized spacial score (nSPS) is 22.2. The number of ether oxygens (including phenoxy) is 1. The first-order valence-corrected chi connectivity index (χ1v) is 7.78. The standard InChI is InChI=1S/C17H27NO2/c1-3-14-7-6-11-18(12-10-14)13-16(19)15-8-4-5-9-17(15)20-2/h4-5,8-9,14,16,19H,3,6-7,10-13H2,1-2H3. The highest BCUT2D eigenvalue weighted by Crippen LogP contribution is 2.27. The van der Waals surface area contributed by atoms with E-state index in [4.69, 9.17) is 4.74 Å². The molecule has 1 saturated heterocycles. The zero-order valence-corrected chi connectivity index (χ0v) is 12.7. The second-order valence-electron chi connectivity index (χ2n) is 5.76. The Morgan fingerprint density at radius 2 is 2.10 bits per heavy atom. The van der Waals surface area contributed by atoms with E-state index in [1.807, 2.05) is 24.3 Å². The van der Waals surface area contributed by atoms with Crippen LogP contribution in [0.1, 0.15) is 44.3 Å². The number of benzene rings is 1. The van der Waals surface area contributed by atoms with Gasteiger partial charge >= 0.3 is 0 Å². The van der Waals surface area contributed by atoms with E-state index in [9.17, 15) is 5.11 Å². The molecule has 1 aromatic rings. The number of nitrogens with zero attached hydrogens (tertiary/aromatic N) is 1. The van der Waals surface area contributed by atoms with Crippen LogP contribution < -0.4 is 4.74 Å². The average molecular weight is 277 g/mol. The number of methoxy groups -OCH3 is 1. The third kappa shape index (κ3) is 3.97. The van der Waals surface area contributed by atoms with Crippen molar-refractivity contribution in [3.63, 3.8) is 0 Å². The van der Waals surface area contributed by atoms with Gasteiger partial charge in [0.25, 0.3) is 0 Å². The number of para-hydroxylation sites is 1. The van der Waals surface area contributed by atoms with E-state index in [1.165, 1.54) is 25.7 Å². The number of likely N-dealkylation sites (tertiary alicyclic amines) is 1. The molecule has 0 amide bonds. The van der Waals surface area contributed by atoms with Crippen LogP contribution in [0.2, 0.25) is 0 Å². The van der Waals surface area contributed by atoms with Gasteiger partial charge in [-0.15, -0.1) is 0 Å². The van der Waals surface area contributed by atoms with Gasteiger partial charge in [-0.25, -0.2) is 0 Å². The largest absolute Gasteiger partial charge is 0.496 e. The van der Waals surface area contributed by atoms with E-state index < -0.39 is 6.10 Å². The van der Waals surface area contributed by atoms with Gasteiger partial charge in [0.1, 0.15) is 5.75 Å². The van der Waals surface area contributed by atoms with Crippen molar-refractivity contribution < 1.29 is 9.84 Å². The maximum atomic E-state index is 10.5. The van der Waals surface area contributed by atoms with Gasteiger partial charge in [-0.2, -0.15) is 0 Å². The quantitative estimate of drug-likeness (QED) is 0.897. The molecule has 1 aliphatic rings. The molecule has 20 heavy (non-hydrogen) atoms. The molecule has 2 rings (SSSR count). The first kappa shape index (κ1) is 15.3. The number of aliphatic hydroxyl groups is 1. The number of β-amino-alcohol motifs (C(OH)–C–C–N with tert-alkyl or cyclic N) is 1. The Morgan fingerprint density at radius 1 is 1.30 bits per heavy atom. The minimum atomic E-state index is -0.468. The van der Waals surface area contributed by atoms with Gasteiger partial charge in [-0.05, 0) is 44.3 Å². The van der Waals surface area contributed by atoms with Crippen LogP contribution in [0.4, 0.5) is 0 Å². The van der Waals surface area contributed by atoms with E-state index in [-0.39, 0.29) is 0 Å². The van der Waals surface area contributed by atoms with Gasteiger partial charge in [0.2, 0.25) is 0 Å². The summed E-state index contributed by atoms with van der Waals surface area (Å²) in [7, 11) is 1.66. The molecule has 112 valence electrons. The van der Waals surface area contributed by atoms with Crippen molar-refractivity contribution in [3.8, 4) is 5.75 Å². The molecule has 1 aromatic carbocycles. The Labute approximate surface area is 122 Å². The molecular weight excluding hydrogens is 250 g/mol. The third-order valence-electron chi connectivity index (χ3n) is 4.45. The molecule has 1 N–H and O–H groups in total. The molecule has 3 nitrogen and oxygen atoms in total. The van der Waals surface area contributed by atoms with Crippen LogP contribution in [0.15, 0.2) is 24.3 Å². The highest BCUT2D eigenvalue weighted by molar-refractivity contribution is 5.35. The lowest BCUT2D eigenvalue weighted by molar-refractivity contribution is 0.112. The molecule has 1 heterocycles. The maximum absolute atomic E-state index is 10.5. The summed E-state index contributed by atoms with van der Waals surface area (Å²) in [5.74, 6) is 1.64. The van der Waals surface area contributed by atoms with Gasteiger partial charge < -0.3 is 14.7 Å². The first-order chi connectivity index (χ1) is 9.74. The van der Waals surface area contributed by atoms with E-state index >= 15 is 0 Å². The minimum absolute atomic E-state index is 0.468. The summed E-state index contributed by atoms with van der Waals surface area (Å²) in [5, 5.41) is 10.5. The second-order valence-corrected chi connectivity index (χ2v) is 5.76. The number of aliphatic hydroxyl groups excluding tert-OH is 1. The van der Waals surface area contributed by atoms with E-state index in [0.29, 0.717) is 6.54 Å². The van der Waals surface area contributed by atoms with E-state index in [2.05, 4.69) is 11.8 Å². The minimum Gasteiger partial charge on any atom is -0.496 e. The second kappa shape index (κ2) is 7.65. The summed E-state index contributed by atoms with van der Waals surface area (Å²) in [5.41, 5.74) is 0.895. The first-order valence-electron chi connectivity index (χ1n) is 7.78. The Balaban J connectivity index is 1.95. The van der Waals surface area contributed by atoms with E-state index in [1.54, 1.807) is 7.11 Å². The molecule has 0 saturated carbocycles. The Morgan fingerprint density at radius 3 is 2.85 bits per heavy atom. The fourth-order valence-corrected chi connectivity index (χ4v) is 3.10. The monoisotopic (exact) mass is 277 g/mol. The predicted octanol–water partition coefficient (Wildman–Crippen LogP) is 3.24. The summed E-state index contributed by atoms with van der Waals surface area (Å²) in [4.78, 5) is 2.40. The van der Waals surface area contributed by atoms with E-state index in [0.717, 1.165) is 30.3 Å². The van der Waals surface area contributed by atoms with Crippen molar-refractivity contribution in [1.29, 1.82) is 0 Å². The Bertz CT molecular complexity index is 408. The zero-order valence-electron chi connectivity index (χ0n) is 12.7. The summed E-state index contributed by atoms with van der Waals surface area (Å²) in [6, 6.07) is 7.76. The van der Waals surface area contributed by atoms with Crippen LogP contribution in [0.5, 0.6) is 5.75 Å². The summed E-state index contributed by atoms with van der Waals surface area (Å²) in [6.07, 6.45) is 4.65. The number of hydrogen-bond acceptors (Lipinski definition) is 3. The Hall–Kier alpha value is -1.06. The van der Waals surface area contributed by atoms with Gasteiger partial charge in [0.05, 0.1) is 13.2 Å². The molecule has 0 radical (unpaired) electrons. The predicted molar refractivity (Wildman–Crippen MR) is 82.0 cm³/mol. The number of rotatable bonds is 5. The lowest BCUT2D eigenvalue weighted by Crippen LogP contribution is -2.30. The Kier molecular flexibility index (Phi) is 5.86.